The molecule has 2 amide bonds. The van der Waals surface area contributed by atoms with E-state index in [2.05, 4.69) is 0 Å². The molecule has 0 saturated carbocycles. The zero-order valence-electron chi connectivity index (χ0n) is 18.4. The third-order valence-electron chi connectivity index (χ3n) is 5.77. The van der Waals surface area contributed by atoms with Gasteiger partial charge in [0, 0.05) is 25.6 Å². The van der Waals surface area contributed by atoms with E-state index in [1.54, 1.807) is 24.0 Å². The normalized spacial score (nSPS) is 15.0. The second-order valence-corrected chi connectivity index (χ2v) is 9.89. The summed E-state index contributed by atoms with van der Waals surface area (Å²) in [7, 11) is -2.42. The molecule has 172 valence electrons. The molecule has 1 aliphatic rings. The number of carbonyl (C=O) groups excluding carboxylic acids is 2. The Labute approximate surface area is 189 Å². The van der Waals surface area contributed by atoms with Crippen molar-refractivity contribution in [2.45, 2.75) is 31.2 Å². The van der Waals surface area contributed by atoms with Crippen LogP contribution in [0, 0.1) is 12.8 Å². The lowest BCUT2D eigenvalue weighted by Gasteiger charge is -2.32. The first kappa shape index (κ1) is 23.7. The van der Waals surface area contributed by atoms with Gasteiger partial charge >= 0.3 is 0 Å². The van der Waals surface area contributed by atoms with Crippen molar-refractivity contribution < 1.29 is 22.7 Å². The van der Waals surface area contributed by atoms with Crippen molar-refractivity contribution in [3.05, 3.63) is 59.7 Å². The summed E-state index contributed by atoms with van der Waals surface area (Å²) in [5, 5.41) is 0. The molecule has 1 aliphatic heterocycles. The van der Waals surface area contributed by atoms with Crippen LogP contribution in [0.15, 0.2) is 53.4 Å². The van der Waals surface area contributed by atoms with Gasteiger partial charge in [0.2, 0.25) is 21.8 Å². The molecule has 9 heteroatoms. The van der Waals surface area contributed by atoms with Gasteiger partial charge in [0.1, 0.15) is 5.75 Å². The van der Waals surface area contributed by atoms with Crippen LogP contribution in [-0.4, -0.2) is 56.2 Å². The van der Waals surface area contributed by atoms with Crippen LogP contribution in [0.2, 0.25) is 0 Å². The summed E-state index contributed by atoms with van der Waals surface area (Å²) in [4.78, 5) is 26.1. The van der Waals surface area contributed by atoms with Gasteiger partial charge in [-0.3, -0.25) is 9.59 Å². The number of aryl methyl sites for hydroxylation is 1. The van der Waals surface area contributed by atoms with Gasteiger partial charge in [0.15, 0.2) is 0 Å². The Morgan fingerprint density at radius 2 is 1.78 bits per heavy atom. The minimum atomic E-state index is -3.95. The van der Waals surface area contributed by atoms with Gasteiger partial charge in [-0.1, -0.05) is 30.3 Å². The van der Waals surface area contributed by atoms with Crippen LogP contribution < -0.4 is 10.5 Å². The third kappa shape index (κ3) is 5.46. The Bertz CT molecular complexity index is 1060. The number of nitrogens with zero attached hydrogens (tertiary/aromatic N) is 2. The fourth-order valence-corrected chi connectivity index (χ4v) is 5.30. The summed E-state index contributed by atoms with van der Waals surface area (Å²) in [6.07, 6.45) is 0.981. The Kier molecular flexibility index (Phi) is 7.52. The number of hydrogen-bond donors (Lipinski definition) is 1. The molecule has 2 aromatic carbocycles. The van der Waals surface area contributed by atoms with E-state index in [4.69, 9.17) is 10.5 Å². The maximum atomic E-state index is 13.5. The lowest BCUT2D eigenvalue weighted by Crippen LogP contribution is -2.46. The first-order valence-corrected chi connectivity index (χ1v) is 11.9. The van der Waals surface area contributed by atoms with Crippen LogP contribution in [0.1, 0.15) is 24.0 Å². The smallest absolute Gasteiger partial charge is 0.243 e. The second kappa shape index (κ2) is 10.1. The molecule has 1 heterocycles. The van der Waals surface area contributed by atoms with E-state index in [0.29, 0.717) is 37.2 Å². The van der Waals surface area contributed by atoms with E-state index in [1.165, 1.54) is 17.5 Å². The quantitative estimate of drug-likeness (QED) is 0.649. The van der Waals surface area contributed by atoms with Crippen molar-refractivity contribution in [1.29, 1.82) is 0 Å². The molecule has 2 aromatic rings. The molecule has 0 aromatic heterocycles. The standard InChI is InChI=1S/C23H29N3O5S/c1-17-14-20(8-9-21(17)31-2)32(29,30)26(15-18-6-4-3-5-7-18)16-22(27)25-12-10-19(11-13-25)23(24)28/h3-9,14,19H,10-13,15-16H2,1-2H3,(H2,24,28). The van der Waals surface area contributed by atoms with Gasteiger partial charge in [0.05, 0.1) is 18.6 Å². The van der Waals surface area contributed by atoms with Crippen molar-refractivity contribution >= 4 is 21.8 Å². The summed E-state index contributed by atoms with van der Waals surface area (Å²) in [6, 6.07) is 13.8. The van der Waals surface area contributed by atoms with Gasteiger partial charge < -0.3 is 15.4 Å². The number of benzene rings is 2. The maximum Gasteiger partial charge on any atom is 0.243 e. The molecule has 0 radical (unpaired) electrons. The Balaban J connectivity index is 1.84. The molecule has 1 fully saturated rings. The number of amides is 2. The monoisotopic (exact) mass is 459 g/mol. The number of likely N-dealkylation sites (tertiary alicyclic amines) is 1. The first-order chi connectivity index (χ1) is 15.2. The summed E-state index contributed by atoms with van der Waals surface area (Å²) in [5.74, 6) is -0.310. The molecule has 3 rings (SSSR count). The Morgan fingerprint density at radius 3 is 2.34 bits per heavy atom. The molecule has 32 heavy (non-hydrogen) atoms. The lowest BCUT2D eigenvalue weighted by molar-refractivity contribution is -0.135. The van der Waals surface area contributed by atoms with Crippen molar-refractivity contribution in [3.63, 3.8) is 0 Å². The largest absolute Gasteiger partial charge is 0.496 e. The molecular weight excluding hydrogens is 430 g/mol. The number of primary amides is 1. The van der Waals surface area contributed by atoms with Gasteiger partial charge in [-0.15, -0.1) is 0 Å². The average Bonchev–Trinajstić information content (AvgIpc) is 2.79. The molecule has 2 N–H and O–H groups in total. The minimum absolute atomic E-state index is 0.0672. The number of nitrogens with two attached hydrogens (primary N) is 1. The highest BCUT2D eigenvalue weighted by Gasteiger charge is 2.31. The minimum Gasteiger partial charge on any atom is -0.496 e. The predicted molar refractivity (Wildman–Crippen MR) is 120 cm³/mol. The highest BCUT2D eigenvalue weighted by atomic mass is 32.2. The molecule has 0 bridgehead atoms. The number of methoxy groups -OCH3 is 1. The number of sulfonamides is 1. The molecular formula is C23H29N3O5S. The predicted octanol–water partition coefficient (Wildman–Crippen LogP) is 1.92. The summed E-state index contributed by atoms with van der Waals surface area (Å²) in [6.45, 7) is 2.31. The zero-order valence-corrected chi connectivity index (χ0v) is 19.2. The van der Waals surface area contributed by atoms with Crippen LogP contribution in [-0.2, 0) is 26.2 Å². The molecule has 0 aliphatic carbocycles. The number of carbonyl (C=O) groups is 2. The molecule has 0 spiro atoms. The van der Waals surface area contributed by atoms with E-state index in [1.807, 2.05) is 30.3 Å². The summed E-state index contributed by atoms with van der Waals surface area (Å²) < 4.78 is 33.4. The maximum absolute atomic E-state index is 13.5. The van der Waals surface area contributed by atoms with Crippen molar-refractivity contribution in [2.75, 3.05) is 26.7 Å². The molecule has 0 atom stereocenters. The Morgan fingerprint density at radius 1 is 1.12 bits per heavy atom. The number of rotatable bonds is 8. The number of piperidine rings is 1. The van der Waals surface area contributed by atoms with Gasteiger partial charge in [-0.05, 0) is 49.1 Å². The van der Waals surface area contributed by atoms with Crippen LogP contribution in [0.25, 0.3) is 0 Å². The second-order valence-electron chi connectivity index (χ2n) is 7.95. The van der Waals surface area contributed by atoms with E-state index in [0.717, 1.165) is 5.56 Å². The average molecular weight is 460 g/mol. The summed E-state index contributed by atoms with van der Waals surface area (Å²) in [5.41, 5.74) is 6.84. The fourth-order valence-electron chi connectivity index (χ4n) is 3.84. The number of ether oxygens (including phenoxy) is 1. The van der Waals surface area contributed by atoms with Gasteiger partial charge in [-0.2, -0.15) is 4.31 Å². The third-order valence-corrected chi connectivity index (χ3v) is 7.56. The molecule has 0 unspecified atom stereocenters. The van der Waals surface area contributed by atoms with Crippen molar-refractivity contribution in [3.8, 4) is 5.75 Å². The number of hydrogen-bond acceptors (Lipinski definition) is 5. The lowest BCUT2D eigenvalue weighted by atomic mass is 9.96. The Hall–Kier alpha value is -2.91. The first-order valence-electron chi connectivity index (χ1n) is 10.5. The van der Waals surface area contributed by atoms with E-state index in [-0.39, 0.29) is 35.7 Å². The highest BCUT2D eigenvalue weighted by molar-refractivity contribution is 7.89. The molecule has 1 saturated heterocycles. The highest BCUT2D eigenvalue weighted by Crippen LogP contribution is 2.25. The van der Waals surface area contributed by atoms with Crippen molar-refractivity contribution in [2.24, 2.45) is 11.7 Å². The van der Waals surface area contributed by atoms with Crippen molar-refractivity contribution in [1.82, 2.24) is 9.21 Å². The fraction of sp³-hybridized carbons (Fsp3) is 0.391. The van der Waals surface area contributed by atoms with E-state index >= 15 is 0 Å². The van der Waals surface area contributed by atoms with E-state index in [9.17, 15) is 18.0 Å². The van der Waals surface area contributed by atoms with Crippen LogP contribution >= 0.6 is 0 Å². The van der Waals surface area contributed by atoms with Gasteiger partial charge in [-0.25, -0.2) is 8.42 Å². The van der Waals surface area contributed by atoms with E-state index < -0.39 is 10.0 Å². The van der Waals surface area contributed by atoms with Gasteiger partial charge in [0.25, 0.3) is 0 Å². The SMILES string of the molecule is COc1ccc(S(=O)(=O)N(CC(=O)N2CCC(C(N)=O)CC2)Cc2ccccc2)cc1C. The van der Waals surface area contributed by atoms with Crippen LogP contribution in [0.5, 0.6) is 5.75 Å². The van der Waals surface area contributed by atoms with Crippen LogP contribution in [0.4, 0.5) is 0 Å². The molecule has 8 nitrogen and oxygen atoms in total. The summed E-state index contributed by atoms with van der Waals surface area (Å²) >= 11 is 0. The topological polar surface area (TPSA) is 110 Å². The zero-order chi connectivity index (χ0) is 23.3. The van der Waals surface area contributed by atoms with Crippen LogP contribution in [0.3, 0.4) is 0 Å².